The number of carbonyl (C=O) groups is 1. The lowest BCUT2D eigenvalue weighted by Crippen LogP contribution is -2.54. The van der Waals surface area contributed by atoms with E-state index in [2.05, 4.69) is 17.4 Å². The van der Waals surface area contributed by atoms with Gasteiger partial charge >= 0.3 is 6.09 Å². The molecule has 9 heteroatoms. The molecule has 6 rings (SSSR count). The fourth-order valence-corrected chi connectivity index (χ4v) is 5.97. The molecule has 1 saturated heterocycles. The highest BCUT2D eigenvalue weighted by Crippen LogP contribution is 2.45. The number of hydrogen-bond acceptors (Lipinski definition) is 6. The van der Waals surface area contributed by atoms with Crippen molar-refractivity contribution < 1.29 is 9.53 Å². The number of rotatable bonds is 5. The second-order valence-corrected chi connectivity index (χ2v) is 10.3. The smallest absolute Gasteiger partial charge is 0.411 e. The topological polar surface area (TPSA) is 79.7 Å². The van der Waals surface area contributed by atoms with Gasteiger partial charge in [0.2, 0.25) is 0 Å². The summed E-state index contributed by atoms with van der Waals surface area (Å²) < 4.78 is 7.80. The van der Waals surface area contributed by atoms with Crippen LogP contribution < -0.4 is 15.9 Å². The van der Waals surface area contributed by atoms with Crippen LogP contribution in [-0.4, -0.2) is 53.9 Å². The van der Waals surface area contributed by atoms with Gasteiger partial charge in [0.15, 0.2) is 11.9 Å². The molecule has 0 saturated carbocycles. The van der Waals surface area contributed by atoms with Crippen molar-refractivity contribution in [2.24, 2.45) is 0 Å². The molecule has 1 aliphatic heterocycles. The van der Waals surface area contributed by atoms with Crippen molar-refractivity contribution in [1.82, 2.24) is 19.9 Å². The highest BCUT2D eigenvalue weighted by molar-refractivity contribution is 6.35. The molecule has 2 heterocycles. The fraction of sp³-hybridized carbons (Fsp3) is 0.300. The van der Waals surface area contributed by atoms with Crippen molar-refractivity contribution in [3.8, 4) is 11.1 Å². The van der Waals surface area contributed by atoms with Crippen LogP contribution in [0.15, 0.2) is 71.5 Å². The number of piperazine rings is 1. The van der Waals surface area contributed by atoms with E-state index >= 15 is 0 Å². The second kappa shape index (κ2) is 10.4. The van der Waals surface area contributed by atoms with Gasteiger partial charge < -0.3 is 20.0 Å². The lowest BCUT2D eigenvalue weighted by molar-refractivity contribution is 0.0712. The molecule has 1 atom stereocenters. The van der Waals surface area contributed by atoms with Gasteiger partial charge in [-0.05, 0) is 29.7 Å². The van der Waals surface area contributed by atoms with Gasteiger partial charge in [-0.2, -0.15) is 0 Å². The Morgan fingerprint density at radius 1 is 1.05 bits per heavy atom. The summed E-state index contributed by atoms with van der Waals surface area (Å²) in [4.78, 5) is 34.1. The number of fused-ring (bicyclic) bond motifs is 4. The summed E-state index contributed by atoms with van der Waals surface area (Å²) in [5.41, 5.74) is 4.34. The molecule has 1 fully saturated rings. The first kappa shape index (κ1) is 25.4. The van der Waals surface area contributed by atoms with Crippen molar-refractivity contribution in [2.75, 3.05) is 38.2 Å². The minimum Gasteiger partial charge on any atom is -0.436 e. The molecule has 4 aromatic rings. The molecule has 39 heavy (non-hydrogen) atoms. The Kier molecular flexibility index (Phi) is 6.74. The van der Waals surface area contributed by atoms with Crippen molar-refractivity contribution in [1.29, 1.82) is 0 Å². The Morgan fingerprint density at radius 3 is 2.33 bits per heavy atom. The SMILES string of the molecule is CC[C@@H](c1nc2cccc(Cl)c2c(=O)n1N1CCNCC1)N(C)C(=O)OC1c2ccccc2-c2ccccc21. The van der Waals surface area contributed by atoms with Crippen molar-refractivity contribution in [2.45, 2.75) is 25.5 Å². The Balaban J connectivity index is 1.39. The zero-order valence-electron chi connectivity index (χ0n) is 21.9. The molecule has 0 bridgehead atoms. The maximum absolute atomic E-state index is 13.9. The second-order valence-electron chi connectivity index (χ2n) is 9.90. The number of benzene rings is 3. The van der Waals surface area contributed by atoms with Crippen LogP contribution in [0.1, 0.15) is 42.4 Å². The molecule has 1 aromatic heterocycles. The summed E-state index contributed by atoms with van der Waals surface area (Å²) in [6.45, 7) is 4.71. The maximum Gasteiger partial charge on any atom is 0.411 e. The summed E-state index contributed by atoms with van der Waals surface area (Å²) in [5, 5.41) is 6.04. The zero-order valence-corrected chi connectivity index (χ0v) is 22.7. The fourth-order valence-electron chi connectivity index (χ4n) is 5.72. The highest BCUT2D eigenvalue weighted by Gasteiger charge is 2.35. The standard InChI is InChI=1S/C30H30ClN5O3/c1-3-25(28-33-24-14-8-13-23(31)26(24)29(37)36(28)35-17-15-32-16-18-35)34(2)30(38)39-27-21-11-6-4-9-19(21)20-10-5-7-12-22(20)27/h4-14,25,27,32H,3,15-18H2,1-2H3/t25-/m0/s1. The first-order valence-corrected chi connectivity index (χ1v) is 13.7. The van der Waals surface area contributed by atoms with E-state index in [0.29, 0.717) is 41.3 Å². The van der Waals surface area contributed by atoms with Crippen LogP contribution >= 0.6 is 11.6 Å². The Labute approximate surface area is 231 Å². The molecule has 1 aliphatic carbocycles. The van der Waals surface area contributed by atoms with Gasteiger partial charge in [-0.1, -0.05) is 73.1 Å². The molecule has 2 aliphatic rings. The van der Waals surface area contributed by atoms with Gasteiger partial charge in [-0.25, -0.2) is 14.5 Å². The first-order valence-electron chi connectivity index (χ1n) is 13.3. The van der Waals surface area contributed by atoms with Gasteiger partial charge in [0.05, 0.1) is 22.0 Å². The third kappa shape index (κ3) is 4.33. The molecule has 8 nitrogen and oxygen atoms in total. The maximum atomic E-state index is 13.9. The molecule has 200 valence electrons. The number of hydrogen-bond donors (Lipinski definition) is 1. The van der Waals surface area contributed by atoms with Gasteiger partial charge in [0.25, 0.3) is 5.56 Å². The molecule has 0 spiro atoms. The van der Waals surface area contributed by atoms with Crippen LogP contribution in [-0.2, 0) is 4.74 Å². The minimum absolute atomic E-state index is 0.235. The average molecular weight is 544 g/mol. The summed E-state index contributed by atoms with van der Waals surface area (Å²) in [6.07, 6.45) is -0.456. The summed E-state index contributed by atoms with van der Waals surface area (Å²) in [5.74, 6) is 0.492. The van der Waals surface area contributed by atoms with Crippen LogP contribution in [0.4, 0.5) is 4.79 Å². The molecule has 0 radical (unpaired) electrons. The van der Waals surface area contributed by atoms with E-state index in [1.54, 1.807) is 34.8 Å². The van der Waals surface area contributed by atoms with Crippen LogP contribution in [0.25, 0.3) is 22.0 Å². The van der Waals surface area contributed by atoms with E-state index in [0.717, 1.165) is 35.3 Å². The van der Waals surface area contributed by atoms with Gasteiger partial charge in [0, 0.05) is 44.4 Å². The van der Waals surface area contributed by atoms with Gasteiger partial charge in [0.1, 0.15) is 0 Å². The van der Waals surface area contributed by atoms with Crippen LogP contribution in [0.2, 0.25) is 5.02 Å². The number of amides is 1. The average Bonchev–Trinajstić information content (AvgIpc) is 3.27. The highest BCUT2D eigenvalue weighted by atomic mass is 35.5. The summed E-state index contributed by atoms with van der Waals surface area (Å²) >= 11 is 6.46. The summed E-state index contributed by atoms with van der Waals surface area (Å²) in [6, 6.07) is 20.8. The van der Waals surface area contributed by atoms with Crippen LogP contribution in [0, 0.1) is 0 Å². The third-order valence-corrected chi connectivity index (χ3v) is 7.98. The number of ether oxygens (including phenoxy) is 1. The van der Waals surface area contributed by atoms with Crippen molar-refractivity contribution >= 4 is 28.6 Å². The molecule has 1 N–H and O–H groups in total. The monoisotopic (exact) mass is 543 g/mol. The Bertz CT molecular complexity index is 1570. The lowest BCUT2D eigenvalue weighted by atomic mass is 10.1. The molecular formula is C30H30ClN5O3. The number of halogens is 1. The molecular weight excluding hydrogens is 514 g/mol. The predicted octanol–water partition coefficient (Wildman–Crippen LogP) is 4.88. The molecule has 3 aromatic carbocycles. The normalized spacial score (nSPS) is 15.6. The van der Waals surface area contributed by atoms with E-state index in [-0.39, 0.29) is 5.56 Å². The summed E-state index contributed by atoms with van der Waals surface area (Å²) in [7, 11) is 1.71. The molecule has 0 unspecified atom stereocenters. The Morgan fingerprint density at radius 2 is 1.69 bits per heavy atom. The van der Waals surface area contributed by atoms with Crippen molar-refractivity contribution in [3.05, 3.63) is 99.1 Å². The van der Waals surface area contributed by atoms with Crippen LogP contribution in [0.3, 0.4) is 0 Å². The molecule has 1 amide bonds. The van der Waals surface area contributed by atoms with E-state index in [9.17, 15) is 9.59 Å². The number of aromatic nitrogens is 2. The van der Waals surface area contributed by atoms with E-state index in [1.165, 1.54) is 0 Å². The Hall–Kier alpha value is -3.88. The third-order valence-electron chi connectivity index (χ3n) is 7.66. The van der Waals surface area contributed by atoms with Crippen molar-refractivity contribution in [3.63, 3.8) is 0 Å². The minimum atomic E-state index is -0.511. The lowest BCUT2D eigenvalue weighted by Gasteiger charge is -2.35. The number of carbonyl (C=O) groups excluding carboxylic acids is 1. The number of nitrogens with zero attached hydrogens (tertiary/aromatic N) is 4. The van der Waals surface area contributed by atoms with E-state index in [4.69, 9.17) is 21.3 Å². The zero-order chi connectivity index (χ0) is 27.1. The van der Waals surface area contributed by atoms with E-state index < -0.39 is 18.2 Å². The largest absolute Gasteiger partial charge is 0.436 e. The van der Waals surface area contributed by atoms with Gasteiger partial charge in [-0.15, -0.1) is 0 Å². The van der Waals surface area contributed by atoms with Gasteiger partial charge in [-0.3, -0.25) is 4.79 Å². The van der Waals surface area contributed by atoms with Crippen LogP contribution in [0.5, 0.6) is 0 Å². The quantitative estimate of drug-likeness (QED) is 0.386. The van der Waals surface area contributed by atoms with E-state index in [1.807, 2.05) is 48.3 Å². The predicted molar refractivity (Wildman–Crippen MR) is 153 cm³/mol. The number of nitrogens with one attached hydrogen (secondary N) is 1. The first-order chi connectivity index (χ1) is 19.0.